The molecule has 0 bridgehead atoms. The van der Waals surface area contributed by atoms with E-state index >= 15 is 0 Å². The number of rotatable bonds is 7. The Morgan fingerprint density at radius 1 is 0.824 bits per heavy atom. The van der Waals surface area contributed by atoms with Crippen LogP contribution in [0.25, 0.3) is 0 Å². The molecular formula is C22H17F2N3O6S. The molecule has 3 aromatic carbocycles. The van der Waals surface area contributed by atoms with Gasteiger partial charge in [-0.1, -0.05) is 24.3 Å². The van der Waals surface area contributed by atoms with Gasteiger partial charge in [-0.25, -0.2) is 26.8 Å². The van der Waals surface area contributed by atoms with Gasteiger partial charge in [-0.05, 0) is 48.5 Å². The fourth-order valence-corrected chi connectivity index (χ4v) is 3.74. The Morgan fingerprint density at radius 2 is 1.44 bits per heavy atom. The summed E-state index contributed by atoms with van der Waals surface area (Å²) in [5.41, 5.74) is -0.515. The molecule has 9 nitrogen and oxygen atoms in total. The quantitative estimate of drug-likeness (QED) is 0.437. The van der Waals surface area contributed by atoms with Crippen molar-refractivity contribution in [1.29, 1.82) is 0 Å². The highest BCUT2D eigenvalue weighted by molar-refractivity contribution is 7.92. The monoisotopic (exact) mass is 489 g/mol. The molecule has 0 heterocycles. The number of carbonyl (C=O) groups is 3. The molecular weight excluding hydrogens is 472 g/mol. The standard InChI is InChI=1S/C22H17F2N3O6S/c23-14-9-11-15(12-10-14)34(31,32)27-18-7-3-1-5-16(18)21(29)33-13-20(28)26-22(30)25-19-8-4-2-6-17(19)24/h1-12,27H,13H2,(H2,25,26,28,30). The SMILES string of the molecule is O=C(COC(=O)c1ccccc1NS(=O)(=O)c1ccc(F)cc1)NC(=O)Nc1ccccc1F. The van der Waals surface area contributed by atoms with Crippen molar-refractivity contribution in [1.82, 2.24) is 5.32 Å². The summed E-state index contributed by atoms with van der Waals surface area (Å²) in [6, 6.07) is 13.7. The molecule has 176 valence electrons. The second-order valence-corrected chi connectivity index (χ2v) is 8.35. The van der Waals surface area contributed by atoms with E-state index in [9.17, 15) is 31.6 Å². The van der Waals surface area contributed by atoms with Crippen molar-refractivity contribution in [2.24, 2.45) is 0 Å². The molecule has 0 unspecified atom stereocenters. The summed E-state index contributed by atoms with van der Waals surface area (Å²) < 4.78 is 58.7. The predicted octanol–water partition coefficient (Wildman–Crippen LogP) is 3.27. The number of benzene rings is 3. The molecule has 0 aromatic heterocycles. The maximum absolute atomic E-state index is 13.5. The molecule has 0 saturated heterocycles. The minimum atomic E-state index is -4.15. The Bertz CT molecular complexity index is 1330. The van der Waals surface area contributed by atoms with Crippen molar-refractivity contribution in [3.8, 4) is 0 Å². The van der Waals surface area contributed by atoms with E-state index in [0.717, 1.165) is 30.3 Å². The smallest absolute Gasteiger partial charge is 0.340 e. The number of urea groups is 1. The van der Waals surface area contributed by atoms with Crippen LogP contribution < -0.4 is 15.4 Å². The molecule has 0 fully saturated rings. The molecule has 0 aliphatic heterocycles. The van der Waals surface area contributed by atoms with Crippen LogP contribution >= 0.6 is 0 Å². The number of halogens is 2. The van der Waals surface area contributed by atoms with Crippen LogP contribution in [0.15, 0.2) is 77.7 Å². The maximum Gasteiger partial charge on any atom is 0.340 e. The lowest BCUT2D eigenvalue weighted by atomic mass is 10.2. The zero-order valence-corrected chi connectivity index (χ0v) is 18.1. The third kappa shape index (κ3) is 6.36. The van der Waals surface area contributed by atoms with Crippen molar-refractivity contribution in [3.63, 3.8) is 0 Å². The largest absolute Gasteiger partial charge is 0.452 e. The molecule has 3 N–H and O–H groups in total. The Labute approximate surface area is 192 Å². The van der Waals surface area contributed by atoms with Crippen LogP contribution in [0, 0.1) is 11.6 Å². The summed E-state index contributed by atoms with van der Waals surface area (Å²) in [6.45, 7) is -0.872. The van der Waals surface area contributed by atoms with Crippen molar-refractivity contribution >= 4 is 39.3 Å². The van der Waals surface area contributed by atoms with Crippen LogP contribution in [0.4, 0.5) is 25.0 Å². The topological polar surface area (TPSA) is 131 Å². The number of imide groups is 1. The maximum atomic E-state index is 13.5. The third-order valence-corrected chi connectivity index (χ3v) is 5.61. The van der Waals surface area contributed by atoms with Crippen molar-refractivity contribution in [2.45, 2.75) is 4.90 Å². The number of anilines is 2. The van der Waals surface area contributed by atoms with Crippen molar-refractivity contribution in [3.05, 3.63) is 90.0 Å². The van der Waals surface area contributed by atoms with E-state index < -0.39 is 46.2 Å². The van der Waals surface area contributed by atoms with Gasteiger partial charge in [0.2, 0.25) is 0 Å². The number of sulfonamides is 1. The zero-order valence-electron chi connectivity index (χ0n) is 17.2. The molecule has 0 atom stereocenters. The van der Waals surface area contributed by atoms with Gasteiger partial charge in [0.15, 0.2) is 6.61 Å². The molecule has 3 amide bonds. The molecule has 0 aliphatic rings. The lowest BCUT2D eigenvalue weighted by molar-refractivity contribution is -0.123. The van der Waals surface area contributed by atoms with E-state index in [1.54, 1.807) is 0 Å². The molecule has 0 saturated carbocycles. The van der Waals surface area contributed by atoms with Gasteiger partial charge in [-0.2, -0.15) is 0 Å². The van der Waals surface area contributed by atoms with Gasteiger partial charge < -0.3 is 10.1 Å². The van der Waals surface area contributed by atoms with Gasteiger partial charge in [0.05, 0.1) is 21.8 Å². The van der Waals surface area contributed by atoms with Crippen molar-refractivity contribution in [2.75, 3.05) is 16.6 Å². The number of hydrogen-bond acceptors (Lipinski definition) is 6. The molecule has 0 radical (unpaired) electrons. The van der Waals surface area contributed by atoms with Crippen LogP contribution in [0.5, 0.6) is 0 Å². The summed E-state index contributed by atoms with van der Waals surface area (Å²) in [6.07, 6.45) is 0. The van der Waals surface area contributed by atoms with Crippen LogP contribution in [0.1, 0.15) is 10.4 Å². The average Bonchev–Trinajstić information content (AvgIpc) is 2.79. The van der Waals surface area contributed by atoms with Crippen LogP contribution in [0.3, 0.4) is 0 Å². The van der Waals surface area contributed by atoms with E-state index in [4.69, 9.17) is 4.74 Å². The highest BCUT2D eigenvalue weighted by atomic mass is 32.2. The van der Waals surface area contributed by atoms with E-state index in [1.165, 1.54) is 42.5 Å². The van der Waals surface area contributed by atoms with E-state index in [2.05, 4.69) is 10.0 Å². The van der Waals surface area contributed by atoms with E-state index in [0.29, 0.717) is 0 Å². The first-order valence-corrected chi connectivity index (χ1v) is 11.0. The van der Waals surface area contributed by atoms with Crippen LogP contribution in [-0.2, 0) is 19.6 Å². The predicted molar refractivity (Wildman–Crippen MR) is 117 cm³/mol. The fourth-order valence-electron chi connectivity index (χ4n) is 2.66. The number of ether oxygens (including phenoxy) is 1. The minimum Gasteiger partial charge on any atom is -0.452 e. The number of carbonyl (C=O) groups excluding carboxylic acids is 3. The highest BCUT2D eigenvalue weighted by Crippen LogP contribution is 2.21. The Morgan fingerprint density at radius 3 is 2.12 bits per heavy atom. The van der Waals surface area contributed by atoms with Gasteiger partial charge in [-0.15, -0.1) is 0 Å². The van der Waals surface area contributed by atoms with Gasteiger partial charge in [-0.3, -0.25) is 14.8 Å². The second-order valence-electron chi connectivity index (χ2n) is 6.66. The first-order valence-electron chi connectivity index (χ1n) is 9.55. The summed E-state index contributed by atoms with van der Waals surface area (Å²) in [5.74, 6) is -3.39. The second kappa shape index (κ2) is 10.5. The lowest BCUT2D eigenvalue weighted by Crippen LogP contribution is -2.37. The van der Waals surface area contributed by atoms with Gasteiger partial charge >= 0.3 is 12.0 Å². The summed E-state index contributed by atoms with van der Waals surface area (Å²) >= 11 is 0. The van der Waals surface area contributed by atoms with Gasteiger partial charge in [0.25, 0.3) is 15.9 Å². The molecule has 3 rings (SSSR count). The normalized spacial score (nSPS) is 10.8. The average molecular weight is 489 g/mol. The van der Waals surface area contributed by atoms with Crippen LogP contribution in [-0.4, -0.2) is 32.9 Å². The van der Waals surface area contributed by atoms with E-state index in [-0.39, 0.29) is 21.8 Å². The van der Waals surface area contributed by atoms with Gasteiger partial charge in [0, 0.05) is 0 Å². The molecule has 0 aliphatic carbocycles. The third-order valence-electron chi connectivity index (χ3n) is 4.22. The van der Waals surface area contributed by atoms with Crippen molar-refractivity contribution < 1.29 is 36.3 Å². The summed E-state index contributed by atoms with van der Waals surface area (Å²) in [4.78, 5) is 35.9. The summed E-state index contributed by atoms with van der Waals surface area (Å²) in [5, 5.41) is 3.99. The van der Waals surface area contributed by atoms with E-state index in [1.807, 2.05) is 5.32 Å². The highest BCUT2D eigenvalue weighted by Gasteiger charge is 2.20. The lowest BCUT2D eigenvalue weighted by Gasteiger charge is -2.12. The molecule has 34 heavy (non-hydrogen) atoms. The Kier molecular flexibility index (Phi) is 7.53. The molecule has 3 aromatic rings. The number of para-hydroxylation sites is 2. The van der Waals surface area contributed by atoms with Gasteiger partial charge in [0.1, 0.15) is 11.6 Å². The number of nitrogens with one attached hydrogen (secondary N) is 3. The minimum absolute atomic E-state index is 0.144. The fraction of sp³-hybridized carbons (Fsp3) is 0.0455. The molecule has 12 heteroatoms. The summed E-state index contributed by atoms with van der Waals surface area (Å²) in [7, 11) is -4.15. The first kappa shape index (κ1) is 24.3. The van der Waals surface area contributed by atoms with Crippen LogP contribution in [0.2, 0.25) is 0 Å². The Balaban J connectivity index is 1.61. The molecule has 0 spiro atoms. The number of amides is 3. The number of esters is 1. The Hall–Kier alpha value is -4.32. The first-order chi connectivity index (χ1) is 16.2. The number of hydrogen-bond donors (Lipinski definition) is 3. The zero-order chi connectivity index (χ0) is 24.7.